The number of anilines is 1. The molecule has 0 aromatic heterocycles. The van der Waals surface area contributed by atoms with Crippen LogP contribution in [-0.4, -0.2) is 36.1 Å². The number of aromatic hydroxyl groups is 1. The van der Waals surface area contributed by atoms with Gasteiger partial charge in [-0.15, -0.1) is 0 Å². The lowest BCUT2D eigenvalue weighted by atomic mass is 9.95. The van der Waals surface area contributed by atoms with Gasteiger partial charge in [-0.25, -0.2) is 0 Å². The Morgan fingerprint density at radius 2 is 1.78 bits per heavy atom. The lowest BCUT2D eigenvalue weighted by Gasteiger charge is -2.31. The molecule has 1 saturated heterocycles. The minimum absolute atomic E-state index is 0.0250. The van der Waals surface area contributed by atoms with E-state index in [0.29, 0.717) is 5.75 Å². The number of nitrogens with one attached hydrogen (secondary N) is 1. The van der Waals surface area contributed by atoms with E-state index in [4.69, 9.17) is 4.74 Å². The molecular formula is C27H30N2O3. The van der Waals surface area contributed by atoms with Gasteiger partial charge < -0.3 is 15.2 Å². The van der Waals surface area contributed by atoms with Crippen molar-refractivity contribution >= 4 is 11.6 Å². The first-order valence-electron chi connectivity index (χ1n) is 11.1. The van der Waals surface area contributed by atoms with Crippen molar-refractivity contribution in [1.82, 2.24) is 4.90 Å². The highest BCUT2D eigenvalue weighted by atomic mass is 16.5. The maximum Gasteiger partial charge on any atom is 0.227 e. The van der Waals surface area contributed by atoms with Gasteiger partial charge in [0.25, 0.3) is 0 Å². The summed E-state index contributed by atoms with van der Waals surface area (Å²) in [5.41, 5.74) is 5.49. The fraction of sp³-hybridized carbons (Fsp3) is 0.296. The molecule has 1 fully saturated rings. The van der Waals surface area contributed by atoms with Crippen molar-refractivity contribution in [2.45, 2.75) is 26.3 Å². The molecule has 0 unspecified atom stereocenters. The van der Waals surface area contributed by atoms with Crippen LogP contribution < -0.4 is 10.1 Å². The largest absolute Gasteiger partial charge is 0.504 e. The van der Waals surface area contributed by atoms with E-state index in [1.165, 1.54) is 11.1 Å². The van der Waals surface area contributed by atoms with E-state index in [1.807, 2.05) is 24.3 Å². The SMILES string of the molecule is COc1cc(CN2CCC(C(=O)Nc3ccc(-c4cccc(C)c4)cc3)CC2)ccc1O. The van der Waals surface area contributed by atoms with Gasteiger partial charge >= 0.3 is 0 Å². The van der Waals surface area contributed by atoms with E-state index in [2.05, 4.69) is 53.5 Å². The summed E-state index contributed by atoms with van der Waals surface area (Å²) >= 11 is 0. The molecule has 2 N–H and O–H groups in total. The molecule has 166 valence electrons. The molecule has 0 radical (unpaired) electrons. The van der Waals surface area contributed by atoms with Gasteiger partial charge in [0, 0.05) is 18.2 Å². The quantitative estimate of drug-likeness (QED) is 0.562. The average molecular weight is 431 g/mol. The standard InChI is InChI=1S/C27H30N2O3/c1-19-4-3-5-23(16-19)21-7-9-24(10-8-21)28-27(31)22-12-14-29(15-13-22)18-20-6-11-25(30)26(17-20)32-2/h3-11,16-17,22,30H,12-15,18H2,1-2H3,(H,28,31). The number of ether oxygens (including phenoxy) is 1. The van der Waals surface area contributed by atoms with Gasteiger partial charge in [-0.2, -0.15) is 0 Å². The zero-order chi connectivity index (χ0) is 22.5. The average Bonchev–Trinajstić information content (AvgIpc) is 2.81. The Morgan fingerprint density at radius 1 is 1.03 bits per heavy atom. The molecule has 0 aliphatic carbocycles. The topological polar surface area (TPSA) is 61.8 Å². The first kappa shape index (κ1) is 21.9. The van der Waals surface area contributed by atoms with E-state index in [0.717, 1.165) is 49.3 Å². The number of aryl methyl sites for hydroxylation is 1. The van der Waals surface area contributed by atoms with Crippen LogP contribution in [0.5, 0.6) is 11.5 Å². The summed E-state index contributed by atoms with van der Waals surface area (Å²) in [5.74, 6) is 0.764. The van der Waals surface area contributed by atoms with Crippen molar-refractivity contribution in [3.63, 3.8) is 0 Å². The molecule has 0 spiro atoms. The van der Waals surface area contributed by atoms with Gasteiger partial charge in [0.05, 0.1) is 7.11 Å². The predicted molar refractivity (Wildman–Crippen MR) is 128 cm³/mol. The molecule has 1 aliphatic heterocycles. The van der Waals surface area contributed by atoms with Crippen LogP contribution >= 0.6 is 0 Å². The lowest BCUT2D eigenvalue weighted by molar-refractivity contribution is -0.121. The Labute approximate surface area is 189 Å². The van der Waals surface area contributed by atoms with Gasteiger partial charge in [-0.3, -0.25) is 9.69 Å². The van der Waals surface area contributed by atoms with Gasteiger partial charge in [-0.05, 0) is 73.8 Å². The van der Waals surface area contributed by atoms with Crippen molar-refractivity contribution in [3.8, 4) is 22.6 Å². The fourth-order valence-electron chi connectivity index (χ4n) is 4.25. The number of amides is 1. The minimum atomic E-state index is 0.0250. The van der Waals surface area contributed by atoms with Crippen LogP contribution in [0.2, 0.25) is 0 Å². The maximum atomic E-state index is 12.8. The number of methoxy groups -OCH3 is 1. The highest BCUT2D eigenvalue weighted by Crippen LogP contribution is 2.28. The summed E-state index contributed by atoms with van der Waals surface area (Å²) in [4.78, 5) is 15.1. The Morgan fingerprint density at radius 3 is 2.47 bits per heavy atom. The van der Waals surface area contributed by atoms with Gasteiger partial charge in [0.1, 0.15) is 0 Å². The van der Waals surface area contributed by atoms with Crippen LogP contribution in [0.25, 0.3) is 11.1 Å². The predicted octanol–water partition coefficient (Wildman–Crippen LogP) is 5.23. The lowest BCUT2D eigenvalue weighted by Crippen LogP contribution is -2.37. The zero-order valence-electron chi connectivity index (χ0n) is 18.7. The summed E-state index contributed by atoms with van der Waals surface area (Å²) in [6.07, 6.45) is 1.67. The van der Waals surface area contributed by atoms with E-state index < -0.39 is 0 Å². The van der Waals surface area contributed by atoms with E-state index >= 15 is 0 Å². The molecule has 5 heteroatoms. The van der Waals surface area contributed by atoms with Crippen LogP contribution in [0.3, 0.4) is 0 Å². The maximum absolute atomic E-state index is 12.8. The first-order chi connectivity index (χ1) is 15.5. The molecule has 0 atom stereocenters. The van der Waals surface area contributed by atoms with Crippen molar-refractivity contribution < 1.29 is 14.6 Å². The third-order valence-corrected chi connectivity index (χ3v) is 6.11. The molecule has 32 heavy (non-hydrogen) atoms. The number of carbonyl (C=O) groups excluding carboxylic acids is 1. The number of benzene rings is 3. The number of phenolic OH excluding ortho intramolecular Hbond substituents is 1. The van der Waals surface area contributed by atoms with Crippen LogP contribution in [-0.2, 0) is 11.3 Å². The monoisotopic (exact) mass is 430 g/mol. The number of hydrogen-bond donors (Lipinski definition) is 2. The van der Waals surface area contributed by atoms with Gasteiger partial charge in [0.15, 0.2) is 11.5 Å². The molecule has 1 heterocycles. The highest BCUT2D eigenvalue weighted by molar-refractivity contribution is 5.92. The first-order valence-corrected chi connectivity index (χ1v) is 11.1. The second-order valence-electron chi connectivity index (χ2n) is 8.49. The molecule has 1 aliphatic rings. The van der Waals surface area contributed by atoms with E-state index in [-0.39, 0.29) is 17.6 Å². The second kappa shape index (κ2) is 9.88. The summed E-state index contributed by atoms with van der Waals surface area (Å²) in [6, 6.07) is 21.9. The number of nitrogens with zero attached hydrogens (tertiary/aromatic N) is 1. The summed E-state index contributed by atoms with van der Waals surface area (Å²) in [5, 5.41) is 12.8. The van der Waals surface area contributed by atoms with Crippen LogP contribution in [0.15, 0.2) is 66.7 Å². The molecule has 4 rings (SSSR count). The third-order valence-electron chi connectivity index (χ3n) is 6.11. The number of rotatable bonds is 6. The molecular weight excluding hydrogens is 400 g/mol. The van der Waals surface area contributed by atoms with E-state index in [1.54, 1.807) is 13.2 Å². The molecule has 0 saturated carbocycles. The van der Waals surface area contributed by atoms with Gasteiger partial charge in [-0.1, -0.05) is 48.0 Å². The van der Waals surface area contributed by atoms with Crippen LogP contribution in [0, 0.1) is 12.8 Å². The molecule has 5 nitrogen and oxygen atoms in total. The molecule has 0 bridgehead atoms. The molecule has 3 aromatic rings. The summed E-state index contributed by atoms with van der Waals surface area (Å²) in [7, 11) is 1.55. The van der Waals surface area contributed by atoms with Crippen molar-refractivity contribution in [1.29, 1.82) is 0 Å². The summed E-state index contributed by atoms with van der Waals surface area (Å²) in [6.45, 7) is 4.61. The normalized spacial score (nSPS) is 14.8. The number of carbonyl (C=O) groups is 1. The number of phenols is 1. The van der Waals surface area contributed by atoms with E-state index in [9.17, 15) is 9.90 Å². The smallest absolute Gasteiger partial charge is 0.227 e. The number of piperidine rings is 1. The summed E-state index contributed by atoms with van der Waals surface area (Å²) < 4.78 is 5.20. The number of hydrogen-bond acceptors (Lipinski definition) is 4. The van der Waals surface area contributed by atoms with Crippen LogP contribution in [0.1, 0.15) is 24.0 Å². The van der Waals surface area contributed by atoms with Crippen molar-refractivity contribution in [2.75, 3.05) is 25.5 Å². The Balaban J connectivity index is 1.29. The minimum Gasteiger partial charge on any atom is -0.504 e. The third kappa shape index (κ3) is 5.29. The van der Waals surface area contributed by atoms with Gasteiger partial charge in [0.2, 0.25) is 5.91 Å². The fourth-order valence-corrected chi connectivity index (χ4v) is 4.25. The van der Waals surface area contributed by atoms with Crippen LogP contribution in [0.4, 0.5) is 5.69 Å². The highest BCUT2D eigenvalue weighted by Gasteiger charge is 2.25. The Kier molecular flexibility index (Phi) is 6.76. The molecule has 1 amide bonds. The number of likely N-dealkylation sites (tertiary alicyclic amines) is 1. The Hall–Kier alpha value is -3.31. The molecule has 3 aromatic carbocycles. The Bertz CT molecular complexity index is 1070. The second-order valence-corrected chi connectivity index (χ2v) is 8.49. The van der Waals surface area contributed by atoms with Crippen molar-refractivity contribution in [2.24, 2.45) is 5.92 Å². The zero-order valence-corrected chi connectivity index (χ0v) is 18.7. The van der Waals surface area contributed by atoms with Crippen molar-refractivity contribution in [3.05, 3.63) is 77.9 Å².